The van der Waals surface area contributed by atoms with E-state index >= 15 is 0 Å². The van der Waals surface area contributed by atoms with Gasteiger partial charge in [-0.1, -0.05) is 18.2 Å². The monoisotopic (exact) mass is 299 g/mol. The summed E-state index contributed by atoms with van der Waals surface area (Å²) >= 11 is 0. The molecule has 0 aliphatic rings. The lowest BCUT2D eigenvalue weighted by Gasteiger charge is -2.07. The Kier molecular flexibility index (Phi) is 2.92. The van der Waals surface area contributed by atoms with Gasteiger partial charge in [-0.3, -0.25) is 0 Å². The molecule has 0 aliphatic heterocycles. The van der Waals surface area contributed by atoms with E-state index in [2.05, 4.69) is 16.7 Å². The zero-order valence-electron chi connectivity index (χ0n) is 13.0. The summed E-state index contributed by atoms with van der Waals surface area (Å²) in [6, 6.07) is 18.2. The second-order valence-corrected chi connectivity index (χ2v) is 5.73. The van der Waals surface area contributed by atoms with Gasteiger partial charge in [0.2, 0.25) is 5.69 Å². The molecule has 0 N–H and O–H groups in total. The lowest BCUT2D eigenvalue weighted by atomic mass is 9.95. The third-order valence-corrected chi connectivity index (χ3v) is 4.28. The van der Waals surface area contributed by atoms with Crippen molar-refractivity contribution in [3.63, 3.8) is 0 Å². The quantitative estimate of drug-likeness (QED) is 0.493. The van der Waals surface area contributed by atoms with Crippen molar-refractivity contribution in [3.05, 3.63) is 65.9 Å². The number of benzene rings is 2. The van der Waals surface area contributed by atoms with Crippen molar-refractivity contribution in [2.45, 2.75) is 6.92 Å². The molecule has 3 nitrogen and oxygen atoms in total. The molecule has 2 aromatic carbocycles. The molecule has 3 heteroatoms. The fraction of sp³-hybridized carbons (Fsp3) is 0.100. The van der Waals surface area contributed by atoms with E-state index in [1.54, 1.807) is 0 Å². The molecule has 0 unspecified atom stereocenters. The highest BCUT2D eigenvalue weighted by molar-refractivity contribution is 6.14. The predicted molar refractivity (Wildman–Crippen MR) is 89.8 cm³/mol. The highest BCUT2D eigenvalue weighted by Gasteiger charge is 2.22. The molecule has 0 radical (unpaired) electrons. The topological polar surface area (TPSA) is 40.8 Å². The largest absolute Gasteiger partial charge is 0.455 e. The average Bonchev–Trinajstić information content (AvgIpc) is 2.95. The van der Waals surface area contributed by atoms with Gasteiger partial charge in [0.1, 0.15) is 18.7 Å². The number of aromatic nitrogens is 1. The summed E-state index contributed by atoms with van der Waals surface area (Å²) in [7, 11) is 2.03. The lowest BCUT2D eigenvalue weighted by molar-refractivity contribution is -0.660. The molecule has 23 heavy (non-hydrogen) atoms. The van der Waals surface area contributed by atoms with Crippen LogP contribution >= 0.6 is 0 Å². The molecular formula is C20H15N2O+. The van der Waals surface area contributed by atoms with Gasteiger partial charge in [0, 0.05) is 22.9 Å². The molecule has 2 aromatic heterocycles. The first-order valence-corrected chi connectivity index (χ1v) is 7.50. The van der Waals surface area contributed by atoms with Gasteiger partial charge in [0.15, 0.2) is 11.8 Å². The van der Waals surface area contributed by atoms with Crippen LogP contribution in [0.25, 0.3) is 33.2 Å². The lowest BCUT2D eigenvalue weighted by Crippen LogP contribution is -2.30. The maximum atomic E-state index is 9.49. The molecule has 0 aliphatic carbocycles. The van der Waals surface area contributed by atoms with Crippen molar-refractivity contribution in [3.8, 4) is 17.3 Å². The van der Waals surface area contributed by atoms with Gasteiger partial charge >= 0.3 is 0 Å². The first kappa shape index (κ1) is 13.5. The van der Waals surface area contributed by atoms with E-state index in [0.717, 1.165) is 33.2 Å². The van der Waals surface area contributed by atoms with Gasteiger partial charge < -0.3 is 4.42 Å². The van der Waals surface area contributed by atoms with E-state index in [4.69, 9.17) is 4.42 Å². The minimum atomic E-state index is 0.580. The summed E-state index contributed by atoms with van der Waals surface area (Å²) in [5.41, 5.74) is 5.35. The molecule has 0 bridgehead atoms. The zero-order valence-corrected chi connectivity index (χ0v) is 13.0. The van der Waals surface area contributed by atoms with Crippen molar-refractivity contribution >= 4 is 21.9 Å². The Morgan fingerprint density at radius 3 is 2.65 bits per heavy atom. The summed E-state index contributed by atoms with van der Waals surface area (Å²) in [6.45, 7) is 2.05. The Bertz CT molecular complexity index is 1100. The molecule has 0 atom stereocenters. The molecule has 0 saturated heterocycles. The average molecular weight is 299 g/mol. The third kappa shape index (κ3) is 1.92. The second-order valence-electron chi connectivity index (χ2n) is 5.73. The Labute approximate surface area is 134 Å². The molecule has 110 valence electrons. The van der Waals surface area contributed by atoms with Crippen LogP contribution in [0.1, 0.15) is 11.1 Å². The molecule has 0 fully saturated rings. The summed E-state index contributed by atoms with van der Waals surface area (Å²) in [4.78, 5) is 0. The van der Waals surface area contributed by atoms with E-state index in [9.17, 15) is 5.26 Å². The molecule has 4 aromatic rings. The van der Waals surface area contributed by atoms with Crippen LogP contribution in [-0.4, -0.2) is 0 Å². The summed E-state index contributed by atoms with van der Waals surface area (Å²) in [5.74, 6) is 0. The van der Waals surface area contributed by atoms with Gasteiger partial charge in [0.05, 0.1) is 11.1 Å². The summed E-state index contributed by atoms with van der Waals surface area (Å²) < 4.78 is 8.09. The van der Waals surface area contributed by atoms with Crippen LogP contribution in [0.4, 0.5) is 0 Å². The Hall–Kier alpha value is -3.12. The fourth-order valence-electron chi connectivity index (χ4n) is 3.23. The Morgan fingerprint density at radius 1 is 1.09 bits per heavy atom. The van der Waals surface area contributed by atoms with Gasteiger partial charge in [0.25, 0.3) is 0 Å². The van der Waals surface area contributed by atoms with Gasteiger partial charge in [-0.2, -0.15) is 5.26 Å². The van der Waals surface area contributed by atoms with Crippen LogP contribution in [0.5, 0.6) is 0 Å². The smallest absolute Gasteiger partial charge is 0.213 e. The fourth-order valence-corrected chi connectivity index (χ4v) is 3.23. The summed E-state index contributed by atoms with van der Waals surface area (Å²) in [5, 5.41) is 11.5. The molecule has 2 heterocycles. The Balaban J connectivity index is 2.27. The van der Waals surface area contributed by atoms with Crippen molar-refractivity contribution in [2.24, 2.45) is 7.05 Å². The highest BCUT2D eigenvalue weighted by atomic mass is 16.3. The minimum absolute atomic E-state index is 0.580. The number of para-hydroxylation sites is 1. The van der Waals surface area contributed by atoms with Crippen LogP contribution in [-0.2, 0) is 7.05 Å². The van der Waals surface area contributed by atoms with Crippen LogP contribution in [0.2, 0.25) is 0 Å². The van der Waals surface area contributed by atoms with E-state index in [-0.39, 0.29) is 0 Å². The van der Waals surface area contributed by atoms with E-state index in [1.165, 1.54) is 0 Å². The zero-order chi connectivity index (χ0) is 16.0. The molecule has 0 spiro atoms. The molecule has 4 rings (SSSR count). The maximum absolute atomic E-state index is 9.49. The number of pyridine rings is 1. The van der Waals surface area contributed by atoms with Crippen LogP contribution < -0.4 is 4.57 Å². The standard InChI is InChI=1S/C20H15N2O/c1-13-11-14(12-21)20-19(15-7-3-4-9-17(15)23-20)18(13)16-8-5-6-10-22(16)2/h3-11H,1-2H3/q+1. The number of nitriles is 1. The van der Waals surface area contributed by atoms with E-state index in [1.807, 2.05) is 62.6 Å². The van der Waals surface area contributed by atoms with E-state index in [0.29, 0.717) is 11.1 Å². The van der Waals surface area contributed by atoms with Crippen molar-refractivity contribution in [2.75, 3.05) is 0 Å². The molecule has 0 amide bonds. The number of hydrogen-bond donors (Lipinski definition) is 0. The second kappa shape index (κ2) is 4.96. The summed E-state index contributed by atoms with van der Waals surface area (Å²) in [6.07, 6.45) is 2.03. The number of nitrogens with zero attached hydrogens (tertiary/aromatic N) is 2. The number of aryl methyl sites for hydroxylation is 2. The number of rotatable bonds is 1. The first-order chi connectivity index (χ1) is 11.2. The predicted octanol–water partition coefficient (Wildman–Crippen LogP) is 4.26. The Morgan fingerprint density at radius 2 is 1.87 bits per heavy atom. The molecule has 0 saturated carbocycles. The normalized spacial score (nSPS) is 11.0. The number of hydrogen-bond acceptors (Lipinski definition) is 2. The van der Waals surface area contributed by atoms with Crippen LogP contribution in [0.15, 0.2) is 59.1 Å². The van der Waals surface area contributed by atoms with E-state index < -0.39 is 0 Å². The van der Waals surface area contributed by atoms with Gasteiger partial charge in [-0.05, 0) is 30.7 Å². The maximum Gasteiger partial charge on any atom is 0.213 e. The number of furan rings is 1. The third-order valence-electron chi connectivity index (χ3n) is 4.28. The first-order valence-electron chi connectivity index (χ1n) is 7.50. The van der Waals surface area contributed by atoms with Gasteiger partial charge in [-0.15, -0.1) is 0 Å². The molecular weight excluding hydrogens is 284 g/mol. The van der Waals surface area contributed by atoms with Gasteiger partial charge in [-0.25, -0.2) is 4.57 Å². The minimum Gasteiger partial charge on any atom is -0.455 e. The SMILES string of the molecule is Cc1cc(C#N)c2oc3ccccc3c2c1-c1cccc[n+]1C. The highest BCUT2D eigenvalue weighted by Crippen LogP contribution is 2.39. The van der Waals surface area contributed by atoms with Crippen molar-refractivity contribution in [1.29, 1.82) is 5.26 Å². The van der Waals surface area contributed by atoms with Crippen molar-refractivity contribution in [1.82, 2.24) is 0 Å². The van der Waals surface area contributed by atoms with Crippen LogP contribution in [0, 0.1) is 18.3 Å². The number of fused-ring (bicyclic) bond motifs is 3. The van der Waals surface area contributed by atoms with Crippen LogP contribution in [0.3, 0.4) is 0 Å². The van der Waals surface area contributed by atoms with Crippen molar-refractivity contribution < 1.29 is 8.98 Å².